The fourth-order valence-electron chi connectivity index (χ4n) is 2.64. The Bertz CT molecular complexity index is 905. The highest BCUT2D eigenvalue weighted by molar-refractivity contribution is 7.14. The number of rotatable bonds is 6. The molecule has 0 aliphatic carbocycles. The average Bonchev–Trinajstić information content (AvgIpc) is 3.16. The minimum Gasteiger partial charge on any atom is -0.497 e. The molecule has 0 fully saturated rings. The summed E-state index contributed by atoms with van der Waals surface area (Å²) in [5.74, 6) is 0.502. The van der Waals surface area contributed by atoms with Crippen molar-refractivity contribution in [2.75, 3.05) is 18.6 Å². The molecule has 0 aliphatic rings. The smallest absolute Gasteiger partial charge is 0.260 e. The molecule has 140 valence electrons. The summed E-state index contributed by atoms with van der Waals surface area (Å²) in [6, 6.07) is 13.2. The number of benzene rings is 2. The molecule has 1 heterocycles. The summed E-state index contributed by atoms with van der Waals surface area (Å²) in [6.07, 6.45) is 0. The van der Waals surface area contributed by atoms with Gasteiger partial charge < -0.3 is 4.74 Å². The van der Waals surface area contributed by atoms with Crippen molar-refractivity contribution in [2.45, 2.75) is 13.8 Å². The van der Waals surface area contributed by atoms with Crippen molar-refractivity contribution < 1.29 is 13.9 Å². The quantitative estimate of drug-likeness (QED) is 0.582. The molecule has 0 saturated heterocycles. The van der Waals surface area contributed by atoms with E-state index < -0.39 is 0 Å². The normalized spacial score (nSPS) is 10.9. The van der Waals surface area contributed by atoms with Gasteiger partial charge in [-0.15, -0.1) is 11.3 Å². The highest BCUT2D eigenvalue weighted by Crippen LogP contribution is 2.30. The van der Waals surface area contributed by atoms with E-state index >= 15 is 0 Å². The summed E-state index contributed by atoms with van der Waals surface area (Å²) >= 11 is 1.42. The van der Waals surface area contributed by atoms with Crippen LogP contribution in [0.2, 0.25) is 0 Å². The van der Waals surface area contributed by atoms with Crippen LogP contribution in [0, 0.1) is 11.7 Å². The Kier molecular flexibility index (Phi) is 5.86. The summed E-state index contributed by atoms with van der Waals surface area (Å²) < 4.78 is 18.4. The second kappa shape index (κ2) is 8.31. The molecule has 1 amide bonds. The molecule has 0 aliphatic heterocycles. The lowest BCUT2D eigenvalue weighted by Crippen LogP contribution is -2.34. The summed E-state index contributed by atoms with van der Waals surface area (Å²) in [6.45, 7) is 4.62. The fraction of sp³-hybridized carbons (Fsp3) is 0.238. The maximum absolute atomic E-state index is 13.2. The van der Waals surface area contributed by atoms with E-state index in [1.165, 1.54) is 35.6 Å². The number of carbonyl (C=O) groups is 1. The number of ether oxygens (including phenoxy) is 1. The van der Waals surface area contributed by atoms with Gasteiger partial charge >= 0.3 is 0 Å². The largest absolute Gasteiger partial charge is 0.497 e. The van der Waals surface area contributed by atoms with E-state index in [2.05, 4.69) is 4.98 Å². The Hall–Kier alpha value is -2.73. The first-order valence-corrected chi connectivity index (χ1v) is 9.53. The lowest BCUT2D eigenvalue weighted by molar-refractivity contribution is 0.0984. The maximum Gasteiger partial charge on any atom is 0.260 e. The third-order valence-corrected chi connectivity index (χ3v) is 4.86. The van der Waals surface area contributed by atoms with Gasteiger partial charge in [-0.1, -0.05) is 13.8 Å². The number of hydrogen-bond donors (Lipinski definition) is 0. The van der Waals surface area contributed by atoms with Crippen molar-refractivity contribution in [3.05, 3.63) is 65.3 Å². The number of anilines is 1. The first-order valence-electron chi connectivity index (χ1n) is 8.65. The molecule has 0 unspecified atom stereocenters. The van der Waals surface area contributed by atoms with Gasteiger partial charge in [-0.2, -0.15) is 0 Å². The third-order valence-electron chi connectivity index (χ3n) is 3.99. The number of amides is 1. The maximum atomic E-state index is 13.2. The molecule has 3 aromatic rings. The van der Waals surface area contributed by atoms with Crippen molar-refractivity contribution in [3.63, 3.8) is 0 Å². The SMILES string of the molecule is COc1ccc(-c2csc(N(CC(C)C)C(=O)c3ccc(F)cc3)n2)cc1. The van der Waals surface area contributed by atoms with Gasteiger partial charge in [0.05, 0.1) is 12.8 Å². The van der Waals surface area contributed by atoms with Gasteiger partial charge in [-0.25, -0.2) is 9.37 Å². The van der Waals surface area contributed by atoms with Crippen molar-refractivity contribution >= 4 is 22.4 Å². The van der Waals surface area contributed by atoms with Crippen LogP contribution < -0.4 is 9.64 Å². The molecule has 1 aromatic heterocycles. The Morgan fingerprint density at radius 3 is 2.41 bits per heavy atom. The van der Waals surface area contributed by atoms with E-state index in [4.69, 9.17) is 4.74 Å². The molecule has 0 radical (unpaired) electrons. The number of halogens is 1. The van der Waals surface area contributed by atoms with Crippen LogP contribution >= 0.6 is 11.3 Å². The van der Waals surface area contributed by atoms with E-state index in [1.54, 1.807) is 12.0 Å². The average molecular weight is 384 g/mol. The van der Waals surface area contributed by atoms with Crippen LogP contribution in [0.5, 0.6) is 5.75 Å². The van der Waals surface area contributed by atoms with Crippen molar-refractivity contribution in [2.24, 2.45) is 5.92 Å². The van der Waals surface area contributed by atoms with Gasteiger partial charge in [0.2, 0.25) is 0 Å². The van der Waals surface area contributed by atoms with Crippen molar-refractivity contribution in [3.8, 4) is 17.0 Å². The minimum atomic E-state index is -0.363. The van der Waals surface area contributed by atoms with Gasteiger partial charge in [0.15, 0.2) is 5.13 Å². The standard InChI is InChI=1S/C21H21FN2O2S/c1-14(2)12-24(20(25)16-4-8-17(22)9-5-16)21-23-19(13-27-21)15-6-10-18(26-3)11-7-15/h4-11,13-14H,12H2,1-3H3. The molecule has 2 aromatic carbocycles. The van der Waals surface area contributed by atoms with Crippen LogP contribution in [0.4, 0.5) is 9.52 Å². The zero-order chi connectivity index (χ0) is 19.4. The highest BCUT2D eigenvalue weighted by atomic mass is 32.1. The van der Waals surface area contributed by atoms with Crippen LogP contribution in [-0.2, 0) is 0 Å². The second-order valence-corrected chi connectivity index (χ2v) is 7.40. The fourth-order valence-corrected chi connectivity index (χ4v) is 3.49. The Balaban J connectivity index is 1.90. The first kappa shape index (κ1) is 19.0. The van der Waals surface area contributed by atoms with Gasteiger partial charge in [0.1, 0.15) is 11.6 Å². The lowest BCUT2D eigenvalue weighted by atomic mass is 10.1. The van der Waals surface area contributed by atoms with Crippen molar-refractivity contribution in [1.82, 2.24) is 4.98 Å². The van der Waals surface area contributed by atoms with E-state index in [1.807, 2.05) is 43.5 Å². The van der Waals surface area contributed by atoms with Gasteiger partial charge in [-0.3, -0.25) is 9.69 Å². The number of hydrogen-bond acceptors (Lipinski definition) is 4. The number of aromatic nitrogens is 1. The van der Waals surface area contributed by atoms with Gasteiger partial charge in [-0.05, 0) is 54.4 Å². The number of carbonyl (C=O) groups excluding carboxylic acids is 1. The van der Waals surface area contributed by atoms with E-state index in [-0.39, 0.29) is 17.6 Å². The lowest BCUT2D eigenvalue weighted by Gasteiger charge is -2.22. The topological polar surface area (TPSA) is 42.4 Å². The van der Waals surface area contributed by atoms with E-state index in [9.17, 15) is 9.18 Å². The van der Waals surface area contributed by atoms with Crippen LogP contribution in [0.15, 0.2) is 53.9 Å². The molecule has 0 bridgehead atoms. The van der Waals surface area contributed by atoms with Crippen molar-refractivity contribution in [1.29, 1.82) is 0 Å². The monoisotopic (exact) mass is 384 g/mol. The summed E-state index contributed by atoms with van der Waals surface area (Å²) in [7, 11) is 1.63. The van der Waals surface area contributed by atoms with Gasteiger partial charge in [0.25, 0.3) is 5.91 Å². The Labute approximate surface area is 162 Å². The number of thiazole rings is 1. The molecule has 3 rings (SSSR count). The number of methoxy groups -OCH3 is 1. The third kappa shape index (κ3) is 4.52. The first-order chi connectivity index (χ1) is 13.0. The predicted octanol–water partition coefficient (Wildman–Crippen LogP) is 5.26. The molecule has 6 heteroatoms. The molecule has 0 spiro atoms. The molecule has 0 atom stereocenters. The van der Waals surface area contributed by atoms with Crippen LogP contribution in [-0.4, -0.2) is 24.5 Å². The van der Waals surface area contributed by atoms with Crippen LogP contribution in [0.3, 0.4) is 0 Å². The molecule has 27 heavy (non-hydrogen) atoms. The molecular weight excluding hydrogens is 363 g/mol. The number of nitrogens with zero attached hydrogens (tertiary/aromatic N) is 2. The predicted molar refractivity (Wildman–Crippen MR) is 107 cm³/mol. The van der Waals surface area contributed by atoms with Crippen LogP contribution in [0.25, 0.3) is 11.3 Å². The molecule has 4 nitrogen and oxygen atoms in total. The minimum absolute atomic E-state index is 0.181. The molecule has 0 N–H and O–H groups in total. The molecular formula is C21H21FN2O2S. The summed E-state index contributed by atoms with van der Waals surface area (Å²) in [5, 5.41) is 2.56. The molecule has 0 saturated carbocycles. The highest BCUT2D eigenvalue weighted by Gasteiger charge is 2.22. The zero-order valence-corrected chi connectivity index (χ0v) is 16.3. The Morgan fingerprint density at radius 2 is 1.81 bits per heavy atom. The second-order valence-electron chi connectivity index (χ2n) is 6.56. The summed E-state index contributed by atoms with van der Waals surface area (Å²) in [5.41, 5.74) is 2.20. The summed E-state index contributed by atoms with van der Waals surface area (Å²) in [4.78, 5) is 19.3. The zero-order valence-electron chi connectivity index (χ0n) is 15.5. The van der Waals surface area contributed by atoms with E-state index in [0.717, 1.165) is 17.0 Å². The van der Waals surface area contributed by atoms with Gasteiger partial charge in [0, 0.05) is 23.1 Å². The Morgan fingerprint density at radius 1 is 1.15 bits per heavy atom. The van der Waals surface area contributed by atoms with Crippen LogP contribution in [0.1, 0.15) is 24.2 Å². The van der Waals surface area contributed by atoms with E-state index in [0.29, 0.717) is 17.2 Å².